The third-order valence-corrected chi connectivity index (χ3v) is 6.50. The van der Waals surface area contributed by atoms with Gasteiger partial charge in [0, 0.05) is 17.7 Å². The number of carbonyl (C=O) groups excluding carboxylic acids is 1. The van der Waals surface area contributed by atoms with Crippen molar-refractivity contribution in [3.05, 3.63) is 69.5 Å². The minimum absolute atomic E-state index is 0.00616. The Kier molecular flexibility index (Phi) is 6.13. The number of hydrogen-bond donors (Lipinski definition) is 3. The van der Waals surface area contributed by atoms with Crippen LogP contribution >= 0.6 is 0 Å². The molecule has 2 heterocycles. The summed E-state index contributed by atoms with van der Waals surface area (Å²) in [6.45, 7) is -0.134. The van der Waals surface area contributed by atoms with Gasteiger partial charge >= 0.3 is 0 Å². The number of nitrogen functional groups attached to an aromatic ring is 1. The van der Waals surface area contributed by atoms with Crippen molar-refractivity contribution in [1.82, 2.24) is 25.3 Å². The number of nitrogens with two attached hydrogens (primary N) is 1. The highest BCUT2D eigenvalue weighted by atomic mass is 19.1. The summed E-state index contributed by atoms with van der Waals surface area (Å²) in [6.07, 6.45) is 3.86. The molecular weight excluding hydrogens is 470 g/mol. The summed E-state index contributed by atoms with van der Waals surface area (Å²) in [5.74, 6) is -1.47. The van der Waals surface area contributed by atoms with Crippen LogP contribution in [0.15, 0.2) is 41.2 Å². The Bertz CT molecular complexity index is 1520. The van der Waals surface area contributed by atoms with E-state index >= 15 is 4.39 Å². The van der Waals surface area contributed by atoms with Gasteiger partial charge in [0.1, 0.15) is 28.6 Å². The van der Waals surface area contributed by atoms with E-state index in [0.29, 0.717) is 22.2 Å². The van der Waals surface area contributed by atoms with Crippen molar-refractivity contribution in [2.45, 2.75) is 38.3 Å². The van der Waals surface area contributed by atoms with E-state index in [9.17, 15) is 14.0 Å². The molecule has 0 bridgehead atoms. The largest absolute Gasteiger partial charge is 0.496 e. The minimum atomic E-state index is -0.603. The number of carbonyl (C=O) groups is 1. The Hall–Kier alpha value is -4.28. The number of rotatable bonds is 6. The summed E-state index contributed by atoms with van der Waals surface area (Å²) >= 11 is 0. The quantitative estimate of drug-likeness (QED) is 0.375. The predicted octanol–water partition coefficient (Wildman–Crippen LogP) is 3.70. The Labute approximate surface area is 204 Å². The average molecular weight is 495 g/mol. The maximum atomic E-state index is 15.1. The molecule has 186 valence electrons. The number of nitrogens with one attached hydrogen (secondary N) is 2. The highest BCUT2D eigenvalue weighted by Crippen LogP contribution is 2.36. The van der Waals surface area contributed by atoms with Crippen LogP contribution in [0, 0.1) is 11.6 Å². The molecule has 1 amide bonds. The van der Waals surface area contributed by atoms with Crippen molar-refractivity contribution < 1.29 is 18.3 Å². The number of hydrogen-bond acceptors (Lipinski definition) is 6. The summed E-state index contributed by atoms with van der Waals surface area (Å²) in [6, 6.07) is 8.09. The number of ether oxygens (including phenoxy) is 1. The first-order valence-electron chi connectivity index (χ1n) is 11.5. The molecule has 2 aromatic heterocycles. The fourth-order valence-corrected chi connectivity index (χ4v) is 4.70. The van der Waals surface area contributed by atoms with Gasteiger partial charge in [-0.2, -0.15) is 10.2 Å². The van der Waals surface area contributed by atoms with E-state index in [4.69, 9.17) is 10.5 Å². The number of aromatic amines is 1. The second-order valence-corrected chi connectivity index (χ2v) is 8.73. The van der Waals surface area contributed by atoms with Gasteiger partial charge in [-0.15, -0.1) is 0 Å². The van der Waals surface area contributed by atoms with Gasteiger partial charge in [-0.05, 0) is 37.1 Å². The molecule has 2 aromatic carbocycles. The first-order chi connectivity index (χ1) is 17.4. The summed E-state index contributed by atoms with van der Waals surface area (Å²) in [5.41, 5.74) is 7.03. The lowest BCUT2D eigenvalue weighted by Crippen LogP contribution is -2.24. The lowest BCUT2D eigenvalue weighted by molar-refractivity contribution is 0.0947. The van der Waals surface area contributed by atoms with E-state index in [1.807, 2.05) is 0 Å². The van der Waals surface area contributed by atoms with Crippen molar-refractivity contribution in [2.24, 2.45) is 0 Å². The first-order valence-corrected chi connectivity index (χ1v) is 11.5. The molecule has 0 aliphatic heterocycles. The van der Waals surface area contributed by atoms with E-state index in [1.54, 1.807) is 10.7 Å². The van der Waals surface area contributed by atoms with Crippen molar-refractivity contribution in [3.63, 3.8) is 0 Å². The lowest BCUT2D eigenvalue weighted by atomic mass is 10.1. The molecule has 1 aliphatic rings. The number of fused-ring (bicyclic) bond motifs is 1. The zero-order chi connectivity index (χ0) is 25.4. The summed E-state index contributed by atoms with van der Waals surface area (Å²) in [7, 11) is 1.37. The molecule has 4 N–H and O–H groups in total. The Morgan fingerprint density at radius 1 is 1.22 bits per heavy atom. The molecule has 0 unspecified atom stereocenters. The van der Waals surface area contributed by atoms with Crippen LogP contribution in [-0.2, 0) is 6.54 Å². The highest BCUT2D eigenvalue weighted by Gasteiger charge is 2.26. The van der Waals surface area contributed by atoms with Crippen LogP contribution in [0.4, 0.5) is 14.6 Å². The normalized spacial score (nSPS) is 13.9. The molecule has 0 radical (unpaired) electrons. The average Bonchev–Trinajstić information content (AvgIpc) is 3.54. The van der Waals surface area contributed by atoms with Gasteiger partial charge in [-0.1, -0.05) is 25.0 Å². The first kappa shape index (κ1) is 23.5. The molecule has 11 heteroatoms. The maximum absolute atomic E-state index is 15.1. The molecule has 0 spiro atoms. The van der Waals surface area contributed by atoms with Crippen LogP contribution in [0.3, 0.4) is 0 Å². The number of H-pyrrole nitrogens is 1. The number of amides is 1. The van der Waals surface area contributed by atoms with Crippen molar-refractivity contribution in [3.8, 4) is 17.0 Å². The van der Waals surface area contributed by atoms with Crippen LogP contribution in [-0.4, -0.2) is 33.0 Å². The van der Waals surface area contributed by atoms with E-state index in [0.717, 1.165) is 31.7 Å². The summed E-state index contributed by atoms with van der Waals surface area (Å²) < 4.78 is 35.5. The Balaban J connectivity index is 1.45. The number of benzene rings is 2. The third-order valence-electron chi connectivity index (χ3n) is 6.50. The van der Waals surface area contributed by atoms with Crippen LogP contribution < -0.4 is 21.3 Å². The molecule has 0 saturated heterocycles. The molecule has 0 atom stereocenters. The van der Waals surface area contributed by atoms with E-state index in [1.165, 1.54) is 31.4 Å². The fraction of sp³-hybridized carbons (Fsp3) is 0.280. The number of aromatic nitrogens is 4. The highest BCUT2D eigenvalue weighted by molar-refractivity contribution is 5.99. The lowest BCUT2D eigenvalue weighted by Gasteiger charge is -2.11. The third kappa shape index (κ3) is 4.16. The number of nitrogens with zero attached hydrogens (tertiary/aromatic N) is 3. The molecule has 1 saturated carbocycles. The SMILES string of the molecule is COc1ccc(F)cc1C(=O)NCc1ccc(-c2nn(C3CCCC3)c3c(=O)[nH]nc(N)c23)cc1F. The molecule has 36 heavy (non-hydrogen) atoms. The zero-order valence-electron chi connectivity index (χ0n) is 19.5. The molecule has 9 nitrogen and oxygen atoms in total. The molecule has 4 aromatic rings. The van der Waals surface area contributed by atoms with Gasteiger partial charge in [0.2, 0.25) is 0 Å². The van der Waals surface area contributed by atoms with Gasteiger partial charge in [0.05, 0.1) is 24.1 Å². The van der Waals surface area contributed by atoms with Crippen molar-refractivity contribution in [1.29, 1.82) is 0 Å². The van der Waals surface area contributed by atoms with Crippen LogP contribution in [0.25, 0.3) is 22.2 Å². The van der Waals surface area contributed by atoms with Gasteiger partial charge < -0.3 is 15.8 Å². The monoisotopic (exact) mass is 494 g/mol. The Morgan fingerprint density at radius 3 is 2.72 bits per heavy atom. The summed E-state index contributed by atoms with van der Waals surface area (Å²) in [4.78, 5) is 25.2. The second-order valence-electron chi connectivity index (χ2n) is 8.73. The standard InChI is InChI=1S/C25H24F2N6O3/c1-36-19-9-8-15(26)11-17(19)24(34)29-12-14-7-6-13(10-18(14)27)21-20-22(25(35)31-30-23(20)28)33(32-21)16-4-2-3-5-16/h6-11,16H,2-5,12H2,1H3,(H2,28,30)(H,29,34)(H,31,35). The van der Waals surface area contributed by atoms with Crippen molar-refractivity contribution in [2.75, 3.05) is 12.8 Å². The van der Waals surface area contributed by atoms with Gasteiger partial charge in [0.15, 0.2) is 5.82 Å². The van der Waals surface area contributed by atoms with Gasteiger partial charge in [0.25, 0.3) is 11.5 Å². The molecule has 1 aliphatic carbocycles. The zero-order valence-corrected chi connectivity index (χ0v) is 19.5. The van der Waals surface area contributed by atoms with E-state index < -0.39 is 23.1 Å². The molecule has 5 rings (SSSR count). The molecule has 1 fully saturated rings. The maximum Gasteiger partial charge on any atom is 0.290 e. The fourth-order valence-electron chi connectivity index (χ4n) is 4.70. The van der Waals surface area contributed by atoms with E-state index in [-0.39, 0.29) is 35.3 Å². The van der Waals surface area contributed by atoms with Crippen LogP contribution in [0.1, 0.15) is 47.6 Å². The minimum Gasteiger partial charge on any atom is -0.496 e. The predicted molar refractivity (Wildman–Crippen MR) is 130 cm³/mol. The van der Waals surface area contributed by atoms with E-state index in [2.05, 4.69) is 20.6 Å². The smallest absolute Gasteiger partial charge is 0.290 e. The number of anilines is 1. The van der Waals surface area contributed by atoms with Crippen LogP contribution in [0.5, 0.6) is 5.75 Å². The topological polar surface area (TPSA) is 128 Å². The summed E-state index contributed by atoms with van der Waals surface area (Å²) in [5, 5.41) is 13.9. The van der Waals surface area contributed by atoms with Crippen molar-refractivity contribution >= 4 is 22.6 Å². The van der Waals surface area contributed by atoms with Crippen LogP contribution in [0.2, 0.25) is 0 Å². The number of halogens is 2. The molecular formula is C25H24F2N6O3. The Morgan fingerprint density at radius 2 is 2.00 bits per heavy atom. The number of methoxy groups -OCH3 is 1. The second kappa shape index (κ2) is 9.40. The van der Waals surface area contributed by atoms with Gasteiger partial charge in [-0.25, -0.2) is 13.9 Å². The van der Waals surface area contributed by atoms with Gasteiger partial charge in [-0.3, -0.25) is 14.3 Å².